The van der Waals surface area contributed by atoms with Crippen LogP contribution in [0.5, 0.6) is 0 Å². The Labute approximate surface area is 112 Å². The lowest BCUT2D eigenvalue weighted by molar-refractivity contribution is 0.0521. The van der Waals surface area contributed by atoms with Crippen LogP contribution in [0.1, 0.15) is 17.4 Å². The molecule has 5 heteroatoms. The maximum absolute atomic E-state index is 13.8. The molecule has 0 bridgehead atoms. The van der Waals surface area contributed by atoms with Crippen molar-refractivity contribution >= 4 is 21.9 Å². The Balaban J connectivity index is 2.45. The highest BCUT2D eigenvalue weighted by molar-refractivity contribution is 9.10. The minimum Gasteiger partial charge on any atom is -0.461 e. The Morgan fingerprint density at radius 1 is 1.39 bits per heavy atom. The molecule has 0 spiro atoms. The highest BCUT2D eigenvalue weighted by atomic mass is 79.9. The molecule has 0 radical (unpaired) electrons. The van der Waals surface area contributed by atoms with Crippen molar-refractivity contribution < 1.29 is 13.9 Å². The lowest BCUT2D eigenvalue weighted by Gasteiger charge is -2.05. The van der Waals surface area contributed by atoms with E-state index in [0.29, 0.717) is 15.6 Å². The number of esters is 1. The van der Waals surface area contributed by atoms with Gasteiger partial charge in [0.1, 0.15) is 11.5 Å². The van der Waals surface area contributed by atoms with Gasteiger partial charge >= 0.3 is 5.97 Å². The molecule has 0 aliphatic rings. The molecular formula is C13H11BrFNO2. The maximum atomic E-state index is 13.8. The number of rotatable bonds is 3. The molecule has 0 fully saturated rings. The fourth-order valence-electron chi connectivity index (χ4n) is 1.67. The number of aromatic amines is 1. The van der Waals surface area contributed by atoms with Gasteiger partial charge in [-0.05, 0) is 25.1 Å². The highest BCUT2D eigenvalue weighted by Gasteiger charge is 2.17. The molecule has 2 rings (SSSR count). The number of hydrogen-bond donors (Lipinski definition) is 1. The zero-order valence-electron chi connectivity index (χ0n) is 9.67. The first-order valence-electron chi connectivity index (χ1n) is 5.43. The number of ether oxygens (including phenoxy) is 1. The predicted octanol–water partition coefficient (Wildman–Crippen LogP) is 3.76. The van der Waals surface area contributed by atoms with Crippen molar-refractivity contribution in [2.45, 2.75) is 6.92 Å². The van der Waals surface area contributed by atoms with Crippen LogP contribution in [0.4, 0.5) is 4.39 Å². The molecule has 18 heavy (non-hydrogen) atoms. The lowest BCUT2D eigenvalue weighted by Crippen LogP contribution is -2.06. The molecule has 3 nitrogen and oxygen atoms in total. The van der Waals surface area contributed by atoms with Crippen molar-refractivity contribution in [2.24, 2.45) is 0 Å². The van der Waals surface area contributed by atoms with Crippen LogP contribution >= 0.6 is 15.9 Å². The van der Waals surface area contributed by atoms with Gasteiger partial charge in [0, 0.05) is 21.8 Å². The minimum absolute atomic E-state index is 0.262. The van der Waals surface area contributed by atoms with Crippen LogP contribution in [-0.2, 0) is 4.74 Å². The fraction of sp³-hybridized carbons (Fsp3) is 0.154. The Kier molecular flexibility index (Phi) is 3.81. The lowest BCUT2D eigenvalue weighted by atomic mass is 10.1. The standard InChI is InChI=1S/C13H11BrFNO2/c1-2-18-13(17)12-10(5-6-16-12)9-4-3-8(14)7-11(9)15/h3-7,16H,2H2,1H3. The van der Waals surface area contributed by atoms with E-state index >= 15 is 0 Å². The van der Waals surface area contributed by atoms with Gasteiger partial charge in [-0.25, -0.2) is 9.18 Å². The van der Waals surface area contributed by atoms with Crippen molar-refractivity contribution in [3.8, 4) is 11.1 Å². The SMILES string of the molecule is CCOC(=O)c1[nH]ccc1-c1ccc(Br)cc1F. The smallest absolute Gasteiger partial charge is 0.355 e. The largest absolute Gasteiger partial charge is 0.461 e. The van der Waals surface area contributed by atoms with Gasteiger partial charge in [0.25, 0.3) is 0 Å². The average molecular weight is 312 g/mol. The van der Waals surface area contributed by atoms with Crippen molar-refractivity contribution in [1.82, 2.24) is 4.98 Å². The zero-order chi connectivity index (χ0) is 13.1. The van der Waals surface area contributed by atoms with Crippen LogP contribution in [0.15, 0.2) is 34.9 Å². The van der Waals surface area contributed by atoms with Gasteiger partial charge in [-0.3, -0.25) is 0 Å². The molecule has 1 aromatic heterocycles. The van der Waals surface area contributed by atoms with Crippen molar-refractivity contribution in [1.29, 1.82) is 0 Å². The topological polar surface area (TPSA) is 42.1 Å². The first-order chi connectivity index (χ1) is 8.63. The number of aromatic nitrogens is 1. The second-order valence-electron chi connectivity index (χ2n) is 3.61. The molecule has 94 valence electrons. The summed E-state index contributed by atoms with van der Waals surface area (Å²) in [5, 5.41) is 0. The monoisotopic (exact) mass is 311 g/mol. The number of hydrogen-bond acceptors (Lipinski definition) is 2. The van der Waals surface area contributed by atoms with Gasteiger partial charge < -0.3 is 9.72 Å². The normalized spacial score (nSPS) is 10.4. The van der Waals surface area contributed by atoms with E-state index < -0.39 is 11.8 Å². The molecule has 2 aromatic rings. The Bertz CT molecular complexity index is 580. The number of halogens is 2. The third kappa shape index (κ3) is 2.46. The van der Waals surface area contributed by atoms with Gasteiger partial charge in [-0.15, -0.1) is 0 Å². The highest BCUT2D eigenvalue weighted by Crippen LogP contribution is 2.28. The number of H-pyrrole nitrogens is 1. The predicted molar refractivity (Wildman–Crippen MR) is 69.8 cm³/mol. The third-order valence-corrected chi connectivity index (χ3v) is 2.94. The van der Waals surface area contributed by atoms with E-state index in [0.717, 1.165) is 0 Å². The average Bonchev–Trinajstić information content (AvgIpc) is 2.78. The molecule has 0 aliphatic carbocycles. The quantitative estimate of drug-likeness (QED) is 0.877. The first kappa shape index (κ1) is 12.8. The van der Waals surface area contributed by atoms with Crippen LogP contribution in [0, 0.1) is 5.82 Å². The molecule has 0 atom stereocenters. The van der Waals surface area contributed by atoms with Gasteiger partial charge in [0.15, 0.2) is 0 Å². The summed E-state index contributed by atoms with van der Waals surface area (Å²) in [5.74, 6) is -0.880. The van der Waals surface area contributed by atoms with E-state index in [1.807, 2.05) is 0 Å². The molecule has 0 saturated carbocycles. The van der Waals surface area contributed by atoms with Crippen LogP contribution in [0.2, 0.25) is 0 Å². The van der Waals surface area contributed by atoms with Gasteiger partial charge in [-0.2, -0.15) is 0 Å². The zero-order valence-corrected chi connectivity index (χ0v) is 11.3. The summed E-state index contributed by atoms with van der Waals surface area (Å²) in [4.78, 5) is 14.5. The summed E-state index contributed by atoms with van der Waals surface area (Å²) in [6, 6.07) is 6.35. The summed E-state index contributed by atoms with van der Waals surface area (Å²) in [5.41, 5.74) is 1.12. The van der Waals surface area contributed by atoms with Crippen LogP contribution < -0.4 is 0 Å². The summed E-state index contributed by atoms with van der Waals surface area (Å²) in [6.45, 7) is 2.00. The second kappa shape index (κ2) is 5.35. The minimum atomic E-state index is -0.486. The molecule has 0 unspecified atom stereocenters. The number of benzene rings is 1. The first-order valence-corrected chi connectivity index (χ1v) is 6.22. The van der Waals surface area contributed by atoms with Gasteiger partial charge in [-0.1, -0.05) is 22.0 Å². The van der Waals surface area contributed by atoms with Crippen LogP contribution in [0.25, 0.3) is 11.1 Å². The Hall–Kier alpha value is -1.62. The number of nitrogens with one attached hydrogen (secondary N) is 1. The molecular weight excluding hydrogens is 301 g/mol. The molecule has 1 heterocycles. The molecule has 0 amide bonds. The molecule has 0 aliphatic heterocycles. The summed E-state index contributed by atoms with van der Waals surface area (Å²) in [6.07, 6.45) is 1.59. The summed E-state index contributed by atoms with van der Waals surface area (Å²) >= 11 is 3.19. The van der Waals surface area contributed by atoms with E-state index in [1.54, 1.807) is 31.3 Å². The Morgan fingerprint density at radius 2 is 2.17 bits per heavy atom. The number of carbonyl (C=O) groups is 1. The summed E-state index contributed by atoms with van der Waals surface area (Å²) in [7, 11) is 0. The third-order valence-electron chi connectivity index (χ3n) is 2.45. The van der Waals surface area contributed by atoms with E-state index in [1.165, 1.54) is 6.07 Å². The van der Waals surface area contributed by atoms with Crippen molar-refractivity contribution in [3.63, 3.8) is 0 Å². The number of carbonyl (C=O) groups excluding carboxylic acids is 1. The van der Waals surface area contributed by atoms with E-state index in [2.05, 4.69) is 20.9 Å². The summed E-state index contributed by atoms with van der Waals surface area (Å²) < 4.78 is 19.4. The fourth-order valence-corrected chi connectivity index (χ4v) is 2.01. The molecule has 1 aromatic carbocycles. The molecule has 0 saturated heterocycles. The van der Waals surface area contributed by atoms with Gasteiger partial charge in [0.05, 0.1) is 6.61 Å². The van der Waals surface area contributed by atoms with Crippen LogP contribution in [-0.4, -0.2) is 17.6 Å². The molecule has 1 N–H and O–H groups in total. The second-order valence-corrected chi connectivity index (χ2v) is 4.53. The van der Waals surface area contributed by atoms with Crippen LogP contribution in [0.3, 0.4) is 0 Å². The van der Waals surface area contributed by atoms with E-state index in [9.17, 15) is 9.18 Å². The maximum Gasteiger partial charge on any atom is 0.355 e. The van der Waals surface area contributed by atoms with Gasteiger partial charge in [0.2, 0.25) is 0 Å². The van der Waals surface area contributed by atoms with E-state index in [-0.39, 0.29) is 12.3 Å². The van der Waals surface area contributed by atoms with Crippen molar-refractivity contribution in [3.05, 3.63) is 46.4 Å². The van der Waals surface area contributed by atoms with E-state index in [4.69, 9.17) is 4.74 Å². The van der Waals surface area contributed by atoms with Crippen molar-refractivity contribution in [2.75, 3.05) is 6.61 Å². The Morgan fingerprint density at radius 3 is 2.83 bits per heavy atom.